The van der Waals surface area contributed by atoms with Crippen LogP contribution >= 0.6 is 0 Å². The highest BCUT2D eigenvalue weighted by Gasteiger charge is 2.39. The Bertz CT molecular complexity index is 670. The molecule has 26 heavy (non-hydrogen) atoms. The van der Waals surface area contributed by atoms with Crippen LogP contribution in [0.15, 0.2) is 18.2 Å². The quantitative estimate of drug-likeness (QED) is 0.810. The highest BCUT2D eigenvalue weighted by molar-refractivity contribution is 5.98. The molecule has 2 amide bonds. The molecule has 1 atom stereocenters. The van der Waals surface area contributed by atoms with Crippen LogP contribution in [0.5, 0.6) is 11.5 Å². The van der Waals surface area contributed by atoms with Crippen molar-refractivity contribution in [3.05, 3.63) is 18.2 Å². The Morgan fingerprint density at radius 2 is 1.81 bits per heavy atom. The molecule has 6 nitrogen and oxygen atoms in total. The molecule has 1 aromatic carbocycles. The smallest absolute Gasteiger partial charge is 0.232 e. The monoisotopic (exact) mass is 360 g/mol. The lowest BCUT2D eigenvalue weighted by molar-refractivity contribution is -0.130. The van der Waals surface area contributed by atoms with Crippen molar-refractivity contribution in [3.8, 4) is 11.5 Å². The molecule has 0 bridgehead atoms. The second-order valence-electron chi connectivity index (χ2n) is 7.18. The molecule has 0 spiro atoms. The van der Waals surface area contributed by atoms with Gasteiger partial charge in [-0.1, -0.05) is 19.3 Å². The lowest BCUT2D eigenvalue weighted by Crippen LogP contribution is -2.39. The predicted molar refractivity (Wildman–Crippen MR) is 99.6 cm³/mol. The van der Waals surface area contributed by atoms with E-state index in [2.05, 4.69) is 0 Å². The van der Waals surface area contributed by atoms with Gasteiger partial charge in [-0.05, 0) is 25.0 Å². The number of rotatable bonds is 5. The van der Waals surface area contributed by atoms with Gasteiger partial charge in [-0.3, -0.25) is 9.59 Å². The van der Waals surface area contributed by atoms with Crippen molar-refractivity contribution in [1.82, 2.24) is 4.90 Å². The molecular weight excluding hydrogens is 332 g/mol. The Labute approximate surface area is 155 Å². The zero-order valence-electron chi connectivity index (χ0n) is 15.9. The first kappa shape index (κ1) is 18.5. The maximum atomic E-state index is 12.9. The van der Waals surface area contributed by atoms with E-state index < -0.39 is 0 Å². The number of hydrogen-bond acceptors (Lipinski definition) is 4. The summed E-state index contributed by atoms with van der Waals surface area (Å²) in [6.45, 7) is 0.542. The molecule has 1 unspecified atom stereocenters. The average molecular weight is 360 g/mol. The van der Waals surface area contributed by atoms with Gasteiger partial charge in [0.2, 0.25) is 11.8 Å². The molecule has 0 aromatic heterocycles. The van der Waals surface area contributed by atoms with Crippen LogP contribution in [0.3, 0.4) is 0 Å². The number of likely N-dealkylation sites (tertiary alicyclic amines) is 1. The summed E-state index contributed by atoms with van der Waals surface area (Å²) >= 11 is 0. The third-order valence-corrected chi connectivity index (χ3v) is 5.61. The number of carbonyl (C=O) groups is 2. The molecule has 3 rings (SSSR count). The Hall–Kier alpha value is -2.24. The van der Waals surface area contributed by atoms with E-state index in [4.69, 9.17) is 9.47 Å². The summed E-state index contributed by atoms with van der Waals surface area (Å²) in [5.41, 5.74) is 0.733. The van der Waals surface area contributed by atoms with Gasteiger partial charge in [-0.25, -0.2) is 0 Å². The summed E-state index contributed by atoms with van der Waals surface area (Å²) < 4.78 is 10.6. The molecule has 142 valence electrons. The van der Waals surface area contributed by atoms with Crippen molar-refractivity contribution in [1.29, 1.82) is 0 Å². The van der Waals surface area contributed by atoms with Gasteiger partial charge in [0.05, 0.1) is 20.1 Å². The first-order valence-electron chi connectivity index (χ1n) is 9.34. The van der Waals surface area contributed by atoms with E-state index in [1.165, 1.54) is 19.3 Å². The van der Waals surface area contributed by atoms with Crippen molar-refractivity contribution in [3.63, 3.8) is 0 Å². The zero-order chi connectivity index (χ0) is 18.7. The highest BCUT2D eigenvalue weighted by atomic mass is 16.5. The Kier molecular flexibility index (Phi) is 5.69. The maximum absolute atomic E-state index is 12.9. The van der Waals surface area contributed by atoms with Gasteiger partial charge >= 0.3 is 0 Å². The minimum atomic E-state index is -0.275. The number of carbonyl (C=O) groups excluding carboxylic acids is 2. The van der Waals surface area contributed by atoms with E-state index >= 15 is 0 Å². The summed E-state index contributed by atoms with van der Waals surface area (Å²) in [7, 11) is 4.90. The Morgan fingerprint density at radius 3 is 2.46 bits per heavy atom. The van der Waals surface area contributed by atoms with Crippen LogP contribution in [0.4, 0.5) is 5.69 Å². The average Bonchev–Trinajstić information content (AvgIpc) is 3.08. The minimum Gasteiger partial charge on any atom is -0.493 e. The van der Waals surface area contributed by atoms with Crippen molar-refractivity contribution in [2.24, 2.45) is 5.92 Å². The van der Waals surface area contributed by atoms with Gasteiger partial charge in [0.1, 0.15) is 0 Å². The molecule has 2 fully saturated rings. The van der Waals surface area contributed by atoms with Crippen molar-refractivity contribution in [2.75, 3.05) is 32.7 Å². The standard InChI is InChI=1S/C20H28N2O4/c1-21(16-9-10-17(25-2)18(12-16)26-3)20(24)14-11-19(23)22(13-14)15-7-5-4-6-8-15/h9-10,12,14-15H,4-8,11,13H2,1-3H3. The number of ether oxygens (including phenoxy) is 2. The molecule has 1 aliphatic carbocycles. The molecule has 1 aliphatic heterocycles. The Balaban J connectivity index is 1.70. The number of methoxy groups -OCH3 is 2. The van der Waals surface area contributed by atoms with Crippen LogP contribution < -0.4 is 14.4 Å². The minimum absolute atomic E-state index is 0.0242. The van der Waals surface area contributed by atoms with Gasteiger partial charge in [-0.15, -0.1) is 0 Å². The molecule has 0 N–H and O–H groups in total. The van der Waals surface area contributed by atoms with Gasteiger partial charge in [-0.2, -0.15) is 0 Å². The number of amides is 2. The first-order valence-corrected chi connectivity index (χ1v) is 9.34. The van der Waals surface area contributed by atoms with Crippen LogP contribution in [0.25, 0.3) is 0 Å². The van der Waals surface area contributed by atoms with E-state index in [9.17, 15) is 9.59 Å². The van der Waals surface area contributed by atoms with Crippen molar-refractivity contribution < 1.29 is 19.1 Å². The fraction of sp³-hybridized carbons (Fsp3) is 0.600. The molecule has 1 aromatic rings. The molecule has 6 heteroatoms. The van der Waals surface area contributed by atoms with Crippen molar-refractivity contribution in [2.45, 2.75) is 44.6 Å². The third kappa shape index (κ3) is 3.64. The maximum Gasteiger partial charge on any atom is 0.232 e. The molecule has 1 heterocycles. The van der Waals surface area contributed by atoms with E-state index in [-0.39, 0.29) is 17.7 Å². The normalized spacial score (nSPS) is 21.0. The van der Waals surface area contributed by atoms with Crippen LogP contribution in [0.1, 0.15) is 38.5 Å². The van der Waals surface area contributed by atoms with E-state index in [0.29, 0.717) is 30.5 Å². The highest BCUT2D eigenvalue weighted by Crippen LogP contribution is 2.33. The topological polar surface area (TPSA) is 59.1 Å². The summed E-state index contributed by atoms with van der Waals surface area (Å²) in [5.74, 6) is 1.02. The molecule has 1 saturated heterocycles. The fourth-order valence-electron chi connectivity index (χ4n) is 4.08. The van der Waals surface area contributed by atoms with Crippen LogP contribution in [-0.2, 0) is 9.59 Å². The van der Waals surface area contributed by atoms with Crippen molar-refractivity contribution >= 4 is 17.5 Å². The fourth-order valence-corrected chi connectivity index (χ4v) is 4.08. The summed E-state index contributed by atoms with van der Waals surface area (Å²) in [6.07, 6.45) is 6.06. The molecule has 0 radical (unpaired) electrons. The van der Waals surface area contributed by atoms with Gasteiger partial charge < -0.3 is 19.3 Å². The molecular formula is C20H28N2O4. The van der Waals surface area contributed by atoms with E-state index in [1.807, 2.05) is 11.0 Å². The number of anilines is 1. The second-order valence-corrected chi connectivity index (χ2v) is 7.18. The first-order chi connectivity index (χ1) is 12.5. The summed E-state index contributed by atoms with van der Waals surface area (Å²) in [4.78, 5) is 29.0. The zero-order valence-corrected chi connectivity index (χ0v) is 15.9. The summed E-state index contributed by atoms with van der Waals surface area (Å²) in [6, 6.07) is 5.72. The molecule has 2 aliphatic rings. The molecule has 1 saturated carbocycles. The summed E-state index contributed by atoms with van der Waals surface area (Å²) in [5, 5.41) is 0. The Morgan fingerprint density at radius 1 is 1.12 bits per heavy atom. The van der Waals surface area contributed by atoms with E-state index in [1.54, 1.807) is 38.3 Å². The van der Waals surface area contributed by atoms with Gasteiger partial charge in [0.15, 0.2) is 11.5 Å². The lowest BCUT2D eigenvalue weighted by atomic mass is 9.94. The third-order valence-electron chi connectivity index (χ3n) is 5.61. The number of hydrogen-bond donors (Lipinski definition) is 0. The van der Waals surface area contributed by atoms with Gasteiger partial charge in [0, 0.05) is 37.8 Å². The predicted octanol–water partition coefficient (Wildman–Crippen LogP) is 2.85. The number of benzene rings is 1. The van der Waals surface area contributed by atoms with Crippen LogP contribution in [0.2, 0.25) is 0 Å². The van der Waals surface area contributed by atoms with E-state index in [0.717, 1.165) is 18.5 Å². The lowest BCUT2D eigenvalue weighted by Gasteiger charge is -2.31. The number of nitrogens with zero attached hydrogens (tertiary/aromatic N) is 2. The SMILES string of the molecule is COc1ccc(N(C)C(=O)C2CC(=O)N(C3CCCCC3)C2)cc1OC. The van der Waals surface area contributed by atoms with Crippen LogP contribution in [0, 0.1) is 5.92 Å². The van der Waals surface area contributed by atoms with Crippen LogP contribution in [-0.4, -0.2) is 50.6 Å². The van der Waals surface area contributed by atoms with Gasteiger partial charge in [0.25, 0.3) is 0 Å². The second kappa shape index (κ2) is 7.98. The largest absolute Gasteiger partial charge is 0.493 e.